The van der Waals surface area contributed by atoms with Gasteiger partial charge in [-0.25, -0.2) is 9.97 Å². The number of nitrogens with zero attached hydrogens (tertiary/aromatic N) is 3. The van der Waals surface area contributed by atoms with Gasteiger partial charge in [-0.1, -0.05) is 43.9 Å². The van der Waals surface area contributed by atoms with E-state index >= 15 is 0 Å². The molecule has 6 heteroatoms. The predicted octanol–water partition coefficient (Wildman–Crippen LogP) is 4.22. The van der Waals surface area contributed by atoms with Crippen LogP contribution in [0.3, 0.4) is 0 Å². The Labute approximate surface area is 158 Å². The predicted molar refractivity (Wildman–Crippen MR) is 106 cm³/mol. The number of nitrogens with one attached hydrogen (secondary N) is 2. The van der Waals surface area contributed by atoms with E-state index in [1.807, 2.05) is 30.3 Å². The third kappa shape index (κ3) is 4.22. The Morgan fingerprint density at radius 2 is 1.74 bits per heavy atom. The fourth-order valence-corrected chi connectivity index (χ4v) is 3.54. The Morgan fingerprint density at radius 1 is 0.926 bits per heavy atom. The standard InChI is InChI=1S/C21H23N5O/c27-21(25-16-9-3-1-2-4-10-16)18-13-24-19(14-23-18)26-17-11-5-7-15-8-6-12-22-20(15)17/h5-8,11-14,16H,1-4,9-10H2,(H,24,26)(H,25,27). The number of anilines is 2. The van der Waals surface area contributed by atoms with E-state index in [-0.39, 0.29) is 11.9 Å². The smallest absolute Gasteiger partial charge is 0.271 e. The number of hydrogen-bond acceptors (Lipinski definition) is 5. The number of para-hydroxylation sites is 1. The molecule has 1 saturated carbocycles. The molecule has 0 saturated heterocycles. The van der Waals surface area contributed by atoms with Crippen molar-refractivity contribution in [2.45, 2.75) is 44.6 Å². The van der Waals surface area contributed by atoms with E-state index < -0.39 is 0 Å². The molecular weight excluding hydrogens is 338 g/mol. The molecule has 1 aliphatic rings. The van der Waals surface area contributed by atoms with Gasteiger partial charge in [-0.05, 0) is 25.0 Å². The van der Waals surface area contributed by atoms with E-state index in [9.17, 15) is 4.79 Å². The maximum absolute atomic E-state index is 12.4. The summed E-state index contributed by atoms with van der Waals surface area (Å²) in [5, 5.41) is 7.38. The van der Waals surface area contributed by atoms with E-state index in [4.69, 9.17) is 0 Å². The highest BCUT2D eigenvalue weighted by Gasteiger charge is 2.16. The topological polar surface area (TPSA) is 79.8 Å². The molecule has 0 atom stereocenters. The van der Waals surface area contributed by atoms with Crippen molar-refractivity contribution in [2.75, 3.05) is 5.32 Å². The Bertz CT molecular complexity index is 912. The Balaban J connectivity index is 1.44. The Kier molecular flexibility index (Phi) is 5.23. The largest absolute Gasteiger partial charge is 0.348 e. The molecule has 2 heterocycles. The summed E-state index contributed by atoms with van der Waals surface area (Å²) in [6.07, 6.45) is 11.8. The molecule has 4 rings (SSSR count). The minimum atomic E-state index is -0.146. The van der Waals surface area contributed by atoms with E-state index in [0.29, 0.717) is 11.5 Å². The summed E-state index contributed by atoms with van der Waals surface area (Å²) in [5.74, 6) is 0.437. The molecule has 0 radical (unpaired) electrons. The lowest BCUT2D eigenvalue weighted by Crippen LogP contribution is -2.34. The van der Waals surface area contributed by atoms with Crippen molar-refractivity contribution in [3.8, 4) is 0 Å². The van der Waals surface area contributed by atoms with Gasteiger partial charge in [-0.15, -0.1) is 0 Å². The monoisotopic (exact) mass is 361 g/mol. The van der Waals surface area contributed by atoms with Gasteiger partial charge >= 0.3 is 0 Å². The molecule has 27 heavy (non-hydrogen) atoms. The second-order valence-electron chi connectivity index (χ2n) is 6.95. The fraction of sp³-hybridized carbons (Fsp3) is 0.333. The summed E-state index contributed by atoms with van der Waals surface area (Å²) in [6.45, 7) is 0. The van der Waals surface area contributed by atoms with Crippen LogP contribution in [0.15, 0.2) is 48.9 Å². The summed E-state index contributed by atoms with van der Waals surface area (Å²) >= 11 is 0. The van der Waals surface area contributed by atoms with Gasteiger partial charge in [0.2, 0.25) is 0 Å². The molecule has 0 spiro atoms. The molecule has 3 aromatic rings. The summed E-state index contributed by atoms with van der Waals surface area (Å²) in [4.78, 5) is 25.5. The zero-order chi connectivity index (χ0) is 18.5. The second kappa shape index (κ2) is 8.12. The van der Waals surface area contributed by atoms with E-state index in [2.05, 4.69) is 25.6 Å². The number of carbonyl (C=O) groups excluding carboxylic acids is 1. The third-order valence-corrected chi connectivity index (χ3v) is 4.97. The number of aromatic nitrogens is 3. The molecule has 1 aliphatic carbocycles. The van der Waals surface area contributed by atoms with Crippen molar-refractivity contribution in [2.24, 2.45) is 0 Å². The Hall–Kier alpha value is -3.02. The fourth-order valence-electron chi connectivity index (χ4n) is 3.54. The van der Waals surface area contributed by atoms with Crippen LogP contribution >= 0.6 is 0 Å². The van der Waals surface area contributed by atoms with Crippen LogP contribution in [0.2, 0.25) is 0 Å². The third-order valence-electron chi connectivity index (χ3n) is 4.97. The number of rotatable bonds is 4. The first-order chi connectivity index (χ1) is 13.3. The van der Waals surface area contributed by atoms with Gasteiger partial charge in [0.1, 0.15) is 11.5 Å². The molecule has 6 nitrogen and oxygen atoms in total. The van der Waals surface area contributed by atoms with Gasteiger partial charge < -0.3 is 10.6 Å². The van der Waals surface area contributed by atoms with Crippen molar-refractivity contribution < 1.29 is 4.79 Å². The Morgan fingerprint density at radius 3 is 2.52 bits per heavy atom. The average molecular weight is 361 g/mol. The first kappa shape index (κ1) is 17.4. The van der Waals surface area contributed by atoms with Gasteiger partial charge in [0.15, 0.2) is 0 Å². The van der Waals surface area contributed by atoms with Crippen LogP contribution in [-0.2, 0) is 0 Å². The first-order valence-electron chi connectivity index (χ1n) is 9.53. The summed E-state index contributed by atoms with van der Waals surface area (Å²) in [7, 11) is 0. The molecule has 1 aromatic carbocycles. The number of hydrogen-bond donors (Lipinski definition) is 2. The molecule has 0 unspecified atom stereocenters. The highest BCUT2D eigenvalue weighted by atomic mass is 16.1. The maximum atomic E-state index is 12.4. The van der Waals surface area contributed by atoms with E-state index in [1.54, 1.807) is 12.4 Å². The van der Waals surface area contributed by atoms with E-state index in [0.717, 1.165) is 29.4 Å². The molecule has 0 bridgehead atoms. The van der Waals surface area contributed by atoms with Gasteiger partial charge in [0.05, 0.1) is 23.6 Å². The lowest BCUT2D eigenvalue weighted by Gasteiger charge is -2.15. The van der Waals surface area contributed by atoms with Crippen LogP contribution in [0.4, 0.5) is 11.5 Å². The number of pyridine rings is 1. The number of fused-ring (bicyclic) bond motifs is 1. The molecule has 2 aromatic heterocycles. The summed E-state index contributed by atoms with van der Waals surface area (Å²) < 4.78 is 0. The van der Waals surface area contributed by atoms with Crippen LogP contribution in [0.5, 0.6) is 0 Å². The minimum Gasteiger partial charge on any atom is -0.348 e. The lowest BCUT2D eigenvalue weighted by atomic mass is 10.1. The van der Waals surface area contributed by atoms with Gasteiger partial charge in [-0.2, -0.15) is 0 Å². The molecule has 138 valence electrons. The van der Waals surface area contributed by atoms with E-state index in [1.165, 1.54) is 31.9 Å². The SMILES string of the molecule is O=C(NC1CCCCCC1)c1cnc(Nc2cccc3cccnc23)cn1. The number of benzene rings is 1. The number of amides is 1. The van der Waals surface area contributed by atoms with Crippen LogP contribution in [0.1, 0.15) is 49.0 Å². The summed E-state index contributed by atoms with van der Waals surface area (Å²) in [6, 6.07) is 10.1. The molecular formula is C21H23N5O. The molecule has 1 fully saturated rings. The van der Waals surface area contributed by atoms with Crippen LogP contribution < -0.4 is 10.6 Å². The van der Waals surface area contributed by atoms with Gasteiger partial charge in [0, 0.05) is 17.6 Å². The molecule has 2 N–H and O–H groups in total. The summed E-state index contributed by atoms with van der Waals surface area (Å²) in [5.41, 5.74) is 2.08. The van der Waals surface area contributed by atoms with Crippen LogP contribution in [0.25, 0.3) is 10.9 Å². The zero-order valence-corrected chi connectivity index (χ0v) is 15.2. The highest BCUT2D eigenvalue weighted by Crippen LogP contribution is 2.23. The zero-order valence-electron chi connectivity index (χ0n) is 15.2. The van der Waals surface area contributed by atoms with Crippen molar-refractivity contribution >= 4 is 28.3 Å². The highest BCUT2D eigenvalue weighted by molar-refractivity contribution is 5.93. The number of carbonyl (C=O) groups is 1. The molecule has 0 aliphatic heterocycles. The normalized spacial score (nSPS) is 15.3. The van der Waals surface area contributed by atoms with Crippen molar-refractivity contribution in [1.82, 2.24) is 20.3 Å². The van der Waals surface area contributed by atoms with Crippen molar-refractivity contribution in [1.29, 1.82) is 0 Å². The lowest BCUT2D eigenvalue weighted by molar-refractivity contribution is 0.0928. The second-order valence-corrected chi connectivity index (χ2v) is 6.95. The van der Waals surface area contributed by atoms with Gasteiger partial charge in [-0.3, -0.25) is 9.78 Å². The van der Waals surface area contributed by atoms with Crippen molar-refractivity contribution in [3.05, 3.63) is 54.6 Å². The first-order valence-corrected chi connectivity index (χ1v) is 9.53. The molecule has 1 amide bonds. The van der Waals surface area contributed by atoms with Gasteiger partial charge in [0.25, 0.3) is 5.91 Å². The van der Waals surface area contributed by atoms with Crippen LogP contribution in [-0.4, -0.2) is 26.9 Å². The average Bonchev–Trinajstić information content (AvgIpc) is 2.97. The van der Waals surface area contributed by atoms with Crippen molar-refractivity contribution in [3.63, 3.8) is 0 Å². The maximum Gasteiger partial charge on any atom is 0.271 e. The van der Waals surface area contributed by atoms with Crippen LogP contribution in [0, 0.1) is 0 Å². The minimum absolute atomic E-state index is 0.146. The quantitative estimate of drug-likeness (QED) is 0.680.